The molecule has 1 aromatic rings. The van der Waals surface area contributed by atoms with Gasteiger partial charge >= 0.3 is 0 Å². The number of hydrogen-bond acceptors (Lipinski definition) is 2. The zero-order valence-corrected chi connectivity index (χ0v) is 19.4. The Labute approximate surface area is 183 Å². The molecule has 4 nitrogen and oxygen atoms in total. The molecule has 0 aliphatic carbocycles. The van der Waals surface area contributed by atoms with Crippen LogP contribution < -0.4 is 5.32 Å². The summed E-state index contributed by atoms with van der Waals surface area (Å²) >= 11 is 0. The van der Waals surface area contributed by atoms with Gasteiger partial charge in [0.15, 0.2) is 0 Å². The lowest BCUT2D eigenvalue weighted by Crippen LogP contribution is -2.40. The van der Waals surface area contributed by atoms with Gasteiger partial charge in [-0.1, -0.05) is 38.1 Å². The molecule has 0 fully saturated rings. The highest BCUT2D eigenvalue weighted by Crippen LogP contribution is 2.09. The molecule has 0 aliphatic heterocycles. The summed E-state index contributed by atoms with van der Waals surface area (Å²) in [4.78, 5) is 16.3. The van der Waals surface area contributed by atoms with Crippen LogP contribution in [0.1, 0.15) is 63.1 Å². The van der Waals surface area contributed by atoms with Gasteiger partial charge in [0, 0.05) is 24.9 Å². The molecule has 0 spiro atoms. The molecule has 1 aromatic heterocycles. The number of nitrogens with one attached hydrogen (secondary N) is 1. The number of aromatic nitrogens is 1. The molecule has 164 valence electrons. The highest BCUT2D eigenvalue weighted by Gasteiger charge is 2.12. The van der Waals surface area contributed by atoms with Crippen LogP contribution in [0.4, 0.5) is 0 Å². The van der Waals surface area contributed by atoms with Crippen molar-refractivity contribution in [3.8, 4) is 0 Å². The second kappa shape index (κ2) is 14.5. The second-order valence-electron chi connectivity index (χ2n) is 8.44. The van der Waals surface area contributed by atoms with E-state index in [4.69, 9.17) is 0 Å². The van der Waals surface area contributed by atoms with Crippen molar-refractivity contribution in [3.63, 3.8) is 0 Å². The molecule has 0 saturated heterocycles. The smallest absolute Gasteiger partial charge is 0.223 e. The van der Waals surface area contributed by atoms with E-state index >= 15 is 0 Å². The van der Waals surface area contributed by atoms with Gasteiger partial charge < -0.3 is 9.80 Å². The number of allylic oxidation sites excluding steroid dienone is 3. The van der Waals surface area contributed by atoms with Gasteiger partial charge in [-0.2, -0.15) is 0 Å². The van der Waals surface area contributed by atoms with Crippen molar-refractivity contribution in [3.05, 3.63) is 65.8 Å². The Morgan fingerprint density at radius 2 is 2.00 bits per heavy atom. The van der Waals surface area contributed by atoms with Crippen LogP contribution in [-0.4, -0.2) is 42.6 Å². The first-order chi connectivity index (χ1) is 14.4. The highest BCUT2D eigenvalue weighted by atomic mass is 16.1. The minimum Gasteiger partial charge on any atom is -0.333 e. The molecule has 30 heavy (non-hydrogen) atoms. The van der Waals surface area contributed by atoms with Crippen molar-refractivity contribution in [1.82, 2.24) is 10.3 Å². The molecule has 0 atom stereocenters. The van der Waals surface area contributed by atoms with Gasteiger partial charge in [-0.05, 0) is 56.2 Å². The number of rotatable bonds is 14. The largest absolute Gasteiger partial charge is 0.333 e. The zero-order valence-electron chi connectivity index (χ0n) is 19.4. The van der Waals surface area contributed by atoms with Crippen molar-refractivity contribution in [2.24, 2.45) is 0 Å². The molecule has 0 bridgehead atoms. The van der Waals surface area contributed by atoms with E-state index in [0.717, 1.165) is 34.2 Å². The fourth-order valence-electron chi connectivity index (χ4n) is 3.32. The summed E-state index contributed by atoms with van der Waals surface area (Å²) in [5, 5.41) is 2.86. The molecule has 1 rings (SSSR count). The maximum Gasteiger partial charge on any atom is 0.223 e. The Morgan fingerprint density at radius 1 is 1.23 bits per heavy atom. The first-order valence-electron chi connectivity index (χ1n) is 11.1. The average molecular weight is 411 g/mol. The number of pyridine rings is 1. The van der Waals surface area contributed by atoms with E-state index < -0.39 is 0 Å². The summed E-state index contributed by atoms with van der Waals surface area (Å²) in [7, 11) is 4.59. The van der Waals surface area contributed by atoms with Gasteiger partial charge in [0.1, 0.15) is 0 Å². The van der Waals surface area contributed by atoms with E-state index in [2.05, 4.69) is 43.6 Å². The van der Waals surface area contributed by atoms with Crippen LogP contribution in [-0.2, 0) is 4.79 Å². The second-order valence-corrected chi connectivity index (χ2v) is 8.44. The Balaban J connectivity index is 2.26. The molecular formula is C26H40N3O+. The topological polar surface area (TPSA) is 42.0 Å². The highest BCUT2D eigenvalue weighted by molar-refractivity contribution is 5.76. The number of carbonyl (C=O) groups is 1. The standard InChI is InChI=1S/C26H39N3O/c1-6-21-29(4,5)22-11-9-8-10-16-26(30)28-20-13-15-24(7-2)17-18-25-23(3)14-12-19-27-25/h7,12-14,18-20H,2,6,8-11,15-16,21-22H2,1,3-5H3/p+1/b20-13+. The third-order valence-electron chi connectivity index (χ3n) is 5.14. The quantitative estimate of drug-likeness (QED) is 0.188. The van der Waals surface area contributed by atoms with E-state index in [1.807, 2.05) is 31.2 Å². The van der Waals surface area contributed by atoms with Crippen LogP contribution in [0, 0.1) is 6.92 Å². The van der Waals surface area contributed by atoms with Gasteiger partial charge in [0.05, 0.1) is 32.9 Å². The fraction of sp³-hybridized carbons (Fsp3) is 0.500. The maximum atomic E-state index is 12.0. The molecule has 0 radical (unpaired) electrons. The van der Waals surface area contributed by atoms with Crippen molar-refractivity contribution in [2.75, 3.05) is 27.2 Å². The fourth-order valence-corrected chi connectivity index (χ4v) is 3.32. The summed E-state index contributed by atoms with van der Waals surface area (Å²) in [6.45, 7) is 10.5. The minimum atomic E-state index is 0.0807. The minimum absolute atomic E-state index is 0.0807. The van der Waals surface area contributed by atoms with Gasteiger partial charge in [-0.15, -0.1) is 5.73 Å². The first-order valence-corrected chi connectivity index (χ1v) is 11.1. The summed E-state index contributed by atoms with van der Waals surface area (Å²) in [6.07, 6.45) is 16.1. The SMILES string of the molecule is C=CC(=C=Cc1ncccc1C)C/C=C/NC(=O)CCCCCC[N+](C)(C)CCC. The number of aryl methyl sites for hydroxylation is 1. The number of hydrogen-bond donors (Lipinski definition) is 1. The summed E-state index contributed by atoms with van der Waals surface area (Å²) in [6, 6.07) is 3.94. The Morgan fingerprint density at radius 3 is 2.70 bits per heavy atom. The zero-order chi connectivity index (χ0) is 22.2. The van der Waals surface area contributed by atoms with E-state index in [9.17, 15) is 4.79 Å². The Kier molecular flexibility index (Phi) is 12.4. The van der Waals surface area contributed by atoms with Crippen LogP contribution in [0.3, 0.4) is 0 Å². The van der Waals surface area contributed by atoms with Crippen LogP contribution >= 0.6 is 0 Å². The predicted octanol–water partition coefficient (Wildman–Crippen LogP) is 5.57. The maximum absolute atomic E-state index is 12.0. The van der Waals surface area contributed by atoms with E-state index in [1.165, 1.54) is 32.4 Å². The lowest BCUT2D eigenvalue weighted by Gasteiger charge is -2.29. The first kappa shape index (κ1) is 25.6. The average Bonchev–Trinajstić information content (AvgIpc) is 2.71. The van der Waals surface area contributed by atoms with E-state index in [0.29, 0.717) is 12.8 Å². The van der Waals surface area contributed by atoms with Crippen molar-refractivity contribution < 1.29 is 9.28 Å². The number of unbranched alkanes of at least 4 members (excludes halogenated alkanes) is 3. The molecular weight excluding hydrogens is 370 g/mol. The molecule has 0 aromatic carbocycles. The Bertz CT molecular complexity index is 755. The summed E-state index contributed by atoms with van der Waals surface area (Å²) < 4.78 is 1.10. The van der Waals surface area contributed by atoms with E-state index in [1.54, 1.807) is 18.5 Å². The van der Waals surface area contributed by atoms with Gasteiger partial charge in [0.25, 0.3) is 0 Å². The lowest BCUT2D eigenvalue weighted by atomic mass is 10.1. The number of nitrogens with zero attached hydrogens (tertiary/aromatic N) is 2. The van der Waals surface area contributed by atoms with Gasteiger partial charge in [-0.3, -0.25) is 9.78 Å². The van der Waals surface area contributed by atoms with E-state index in [-0.39, 0.29) is 5.91 Å². The molecule has 0 unspecified atom stereocenters. The third-order valence-corrected chi connectivity index (χ3v) is 5.14. The molecule has 1 N–H and O–H groups in total. The molecule has 0 aliphatic rings. The number of carbonyl (C=O) groups excluding carboxylic acids is 1. The molecule has 1 heterocycles. The summed E-state index contributed by atoms with van der Waals surface area (Å²) in [5.74, 6) is 0.0807. The summed E-state index contributed by atoms with van der Waals surface area (Å²) in [5.41, 5.74) is 6.20. The van der Waals surface area contributed by atoms with Gasteiger partial charge in [0.2, 0.25) is 5.91 Å². The molecule has 1 amide bonds. The number of quaternary nitrogens is 1. The van der Waals surface area contributed by atoms with Crippen LogP contribution in [0.25, 0.3) is 6.08 Å². The van der Waals surface area contributed by atoms with Crippen molar-refractivity contribution in [2.45, 2.75) is 58.8 Å². The molecule has 4 heteroatoms. The van der Waals surface area contributed by atoms with Crippen LogP contribution in [0.15, 0.2) is 54.6 Å². The lowest BCUT2D eigenvalue weighted by molar-refractivity contribution is -0.890. The molecule has 0 saturated carbocycles. The number of amides is 1. The Hall–Kier alpha value is -2.42. The normalized spacial score (nSPS) is 11.2. The predicted molar refractivity (Wildman–Crippen MR) is 128 cm³/mol. The van der Waals surface area contributed by atoms with Crippen LogP contribution in [0.5, 0.6) is 0 Å². The van der Waals surface area contributed by atoms with Crippen molar-refractivity contribution in [1.29, 1.82) is 0 Å². The van der Waals surface area contributed by atoms with Crippen LogP contribution in [0.2, 0.25) is 0 Å². The van der Waals surface area contributed by atoms with Crippen molar-refractivity contribution >= 4 is 12.0 Å². The third kappa shape index (κ3) is 11.5. The van der Waals surface area contributed by atoms with Gasteiger partial charge in [-0.25, -0.2) is 0 Å². The monoisotopic (exact) mass is 410 g/mol.